The summed E-state index contributed by atoms with van der Waals surface area (Å²) in [4.78, 5) is 15.4. The van der Waals surface area contributed by atoms with E-state index < -0.39 is 6.10 Å². The van der Waals surface area contributed by atoms with Gasteiger partial charge in [-0.25, -0.2) is 9.07 Å². The molecule has 1 saturated carbocycles. The van der Waals surface area contributed by atoms with Crippen LogP contribution in [-0.2, 0) is 4.79 Å². The molecule has 2 aromatic carbocycles. The normalized spacial score (nSPS) is 23.7. The summed E-state index contributed by atoms with van der Waals surface area (Å²) < 4.78 is 15.0. The molecule has 0 spiro atoms. The summed E-state index contributed by atoms with van der Waals surface area (Å²) in [5.41, 5.74) is 2.35. The lowest BCUT2D eigenvalue weighted by Crippen LogP contribution is -2.51. The number of aliphatic hydroxyl groups excluding tert-OH is 1. The van der Waals surface area contributed by atoms with Gasteiger partial charge in [-0.2, -0.15) is 0 Å². The number of piperidine rings is 1. The smallest absolute Gasteiger partial charge is 0.226 e. The molecule has 178 valence electrons. The zero-order chi connectivity index (χ0) is 23.7. The van der Waals surface area contributed by atoms with Crippen LogP contribution in [0.3, 0.4) is 0 Å². The molecule has 0 radical (unpaired) electrons. The van der Waals surface area contributed by atoms with Gasteiger partial charge in [0.2, 0.25) is 5.91 Å². The van der Waals surface area contributed by atoms with E-state index in [1.165, 1.54) is 18.6 Å². The number of aliphatic hydroxyl groups is 1. The first-order chi connectivity index (χ1) is 16.5. The molecule has 1 aliphatic carbocycles. The number of aromatic nitrogens is 3. The Bertz CT molecular complexity index is 1130. The summed E-state index contributed by atoms with van der Waals surface area (Å²) in [5, 5.41) is 20.3. The van der Waals surface area contributed by atoms with E-state index in [9.17, 15) is 14.3 Å². The van der Waals surface area contributed by atoms with Crippen molar-refractivity contribution < 1.29 is 14.3 Å². The van der Waals surface area contributed by atoms with E-state index in [1.54, 1.807) is 23.0 Å². The number of β-amino-alcohol motifs (C(OH)–C–C–N with tert-alkyl or cyclic N) is 1. The molecular formula is C26H28ClFN4O2. The highest BCUT2D eigenvalue weighted by Crippen LogP contribution is 2.39. The number of halogens is 2. The van der Waals surface area contributed by atoms with Gasteiger partial charge in [0, 0.05) is 23.0 Å². The molecule has 0 unspecified atom stereocenters. The van der Waals surface area contributed by atoms with E-state index >= 15 is 0 Å². The maximum Gasteiger partial charge on any atom is 0.226 e. The number of hydrogen-bond acceptors (Lipinski definition) is 4. The van der Waals surface area contributed by atoms with Crippen LogP contribution in [0.5, 0.6) is 0 Å². The molecule has 34 heavy (non-hydrogen) atoms. The predicted molar refractivity (Wildman–Crippen MR) is 128 cm³/mol. The molecule has 2 heterocycles. The fourth-order valence-electron chi connectivity index (χ4n) is 5.27. The summed E-state index contributed by atoms with van der Waals surface area (Å²) in [6.07, 6.45) is 6.65. The van der Waals surface area contributed by atoms with Crippen LogP contribution in [0.15, 0.2) is 54.7 Å². The van der Waals surface area contributed by atoms with Gasteiger partial charge in [-0.05, 0) is 61.2 Å². The molecule has 1 aliphatic heterocycles. The third-order valence-electron chi connectivity index (χ3n) is 7.15. The number of benzene rings is 2. The third-order valence-corrected chi connectivity index (χ3v) is 7.40. The highest BCUT2D eigenvalue weighted by Gasteiger charge is 2.41. The second kappa shape index (κ2) is 9.84. The van der Waals surface area contributed by atoms with Crippen molar-refractivity contribution in [2.45, 2.75) is 56.7 Å². The van der Waals surface area contributed by atoms with E-state index in [-0.39, 0.29) is 36.3 Å². The van der Waals surface area contributed by atoms with E-state index in [0.29, 0.717) is 17.1 Å². The number of carbonyl (C=O) groups is 1. The van der Waals surface area contributed by atoms with Gasteiger partial charge in [-0.1, -0.05) is 48.2 Å². The second-order valence-electron chi connectivity index (χ2n) is 9.35. The molecule has 1 aromatic heterocycles. The number of amides is 1. The molecule has 1 amide bonds. The maximum atomic E-state index is 13.5. The average Bonchev–Trinajstić information content (AvgIpc) is 3.35. The minimum atomic E-state index is -0.779. The summed E-state index contributed by atoms with van der Waals surface area (Å²) >= 11 is 6.12. The molecule has 1 N–H and O–H groups in total. The molecule has 1 saturated heterocycles. The summed E-state index contributed by atoms with van der Waals surface area (Å²) in [6.45, 7) is 0.235. The second-order valence-corrected chi connectivity index (χ2v) is 9.79. The first-order valence-corrected chi connectivity index (χ1v) is 12.3. The van der Waals surface area contributed by atoms with Gasteiger partial charge >= 0.3 is 0 Å². The van der Waals surface area contributed by atoms with Crippen LogP contribution < -0.4 is 0 Å². The molecule has 0 bridgehead atoms. The first kappa shape index (κ1) is 23.0. The summed E-state index contributed by atoms with van der Waals surface area (Å²) in [5.74, 6) is -0.168. The van der Waals surface area contributed by atoms with Gasteiger partial charge in [-0.3, -0.25) is 4.79 Å². The average molecular weight is 483 g/mol. The zero-order valence-corrected chi connectivity index (χ0v) is 19.6. The van der Waals surface area contributed by atoms with Crippen molar-refractivity contribution >= 4 is 17.5 Å². The number of hydrogen-bond donors (Lipinski definition) is 1. The van der Waals surface area contributed by atoms with Crippen molar-refractivity contribution in [2.75, 3.05) is 6.54 Å². The topological polar surface area (TPSA) is 71.2 Å². The Kier molecular flexibility index (Phi) is 6.66. The van der Waals surface area contributed by atoms with Crippen molar-refractivity contribution in [3.63, 3.8) is 0 Å². The minimum absolute atomic E-state index is 0.0174. The Morgan fingerprint density at radius 2 is 1.74 bits per heavy atom. The molecule has 3 atom stereocenters. The van der Waals surface area contributed by atoms with Gasteiger partial charge in [0.05, 0.1) is 24.4 Å². The third kappa shape index (κ3) is 4.72. The standard InChI is InChI=1S/C26H28ClFN4O2/c27-20-10-6-18(7-11-20)23-14-24(25(33)16-31(23)26(34)19-4-2-1-3-5-19)32-15-22(29-30-32)17-8-12-21(28)13-9-17/h6-13,15,19,23-25,33H,1-5,14,16H2/t23-,24+,25+/m1/s1. The molecular weight excluding hydrogens is 455 g/mol. The maximum absolute atomic E-state index is 13.5. The van der Waals surface area contributed by atoms with Gasteiger partial charge in [0.1, 0.15) is 11.5 Å². The van der Waals surface area contributed by atoms with Crippen molar-refractivity contribution in [3.05, 3.63) is 71.1 Å². The van der Waals surface area contributed by atoms with Crippen molar-refractivity contribution in [1.29, 1.82) is 0 Å². The van der Waals surface area contributed by atoms with Crippen molar-refractivity contribution in [2.24, 2.45) is 5.92 Å². The van der Waals surface area contributed by atoms with Gasteiger partial charge in [0.25, 0.3) is 0 Å². The molecule has 3 aromatic rings. The summed E-state index contributed by atoms with van der Waals surface area (Å²) in [6, 6.07) is 13.1. The van der Waals surface area contributed by atoms with Crippen molar-refractivity contribution in [3.8, 4) is 11.3 Å². The fourth-order valence-corrected chi connectivity index (χ4v) is 5.39. The number of nitrogens with zero attached hydrogens (tertiary/aromatic N) is 4. The van der Waals surface area contributed by atoms with Gasteiger partial charge in [0.15, 0.2) is 0 Å². The largest absolute Gasteiger partial charge is 0.389 e. The Labute approximate surface area is 203 Å². The lowest BCUT2D eigenvalue weighted by atomic mass is 9.85. The van der Waals surface area contributed by atoms with Crippen LogP contribution in [0.1, 0.15) is 56.2 Å². The monoisotopic (exact) mass is 482 g/mol. The molecule has 5 rings (SSSR count). The van der Waals surface area contributed by atoms with Crippen LogP contribution in [0.2, 0.25) is 5.02 Å². The number of carbonyl (C=O) groups excluding carboxylic acids is 1. The van der Waals surface area contributed by atoms with Crippen LogP contribution in [-0.4, -0.2) is 43.6 Å². The van der Waals surface area contributed by atoms with Crippen LogP contribution in [0.25, 0.3) is 11.3 Å². The highest BCUT2D eigenvalue weighted by molar-refractivity contribution is 6.30. The molecule has 6 nitrogen and oxygen atoms in total. The van der Waals surface area contributed by atoms with E-state index in [2.05, 4.69) is 10.3 Å². The molecule has 2 aliphatic rings. The highest BCUT2D eigenvalue weighted by atomic mass is 35.5. The lowest BCUT2D eigenvalue weighted by molar-refractivity contribution is -0.145. The molecule has 2 fully saturated rings. The Morgan fingerprint density at radius 3 is 2.44 bits per heavy atom. The van der Waals surface area contributed by atoms with E-state index in [0.717, 1.165) is 36.8 Å². The van der Waals surface area contributed by atoms with Crippen LogP contribution in [0.4, 0.5) is 4.39 Å². The first-order valence-electron chi connectivity index (χ1n) is 11.9. The SMILES string of the molecule is O=C(C1CCCCC1)N1C[C@H](O)[C@@H](n2cc(-c3ccc(F)cc3)nn2)C[C@@H]1c1ccc(Cl)cc1. The zero-order valence-electron chi connectivity index (χ0n) is 18.9. The van der Waals surface area contributed by atoms with Gasteiger partial charge in [-0.15, -0.1) is 5.10 Å². The van der Waals surface area contributed by atoms with E-state index in [1.807, 2.05) is 29.2 Å². The van der Waals surface area contributed by atoms with E-state index in [4.69, 9.17) is 11.6 Å². The predicted octanol–water partition coefficient (Wildman–Crippen LogP) is 5.19. The van der Waals surface area contributed by atoms with Crippen molar-refractivity contribution in [1.82, 2.24) is 19.9 Å². The Balaban J connectivity index is 1.43. The minimum Gasteiger partial charge on any atom is -0.389 e. The van der Waals surface area contributed by atoms with Crippen LogP contribution >= 0.6 is 11.6 Å². The lowest BCUT2D eigenvalue weighted by Gasteiger charge is -2.44. The van der Waals surface area contributed by atoms with Crippen LogP contribution in [0, 0.1) is 11.7 Å². The summed E-state index contributed by atoms with van der Waals surface area (Å²) in [7, 11) is 0. The number of rotatable bonds is 4. The fraction of sp³-hybridized carbons (Fsp3) is 0.423. The Hall–Kier alpha value is -2.77. The Morgan fingerprint density at radius 1 is 1.03 bits per heavy atom. The van der Waals surface area contributed by atoms with Gasteiger partial charge < -0.3 is 10.0 Å². The number of likely N-dealkylation sites (tertiary alicyclic amines) is 1. The molecule has 8 heteroatoms. The quantitative estimate of drug-likeness (QED) is 0.555.